The van der Waals surface area contributed by atoms with Crippen LogP contribution in [0.5, 0.6) is 0 Å². The van der Waals surface area contributed by atoms with Crippen LogP contribution in [0.3, 0.4) is 0 Å². The van der Waals surface area contributed by atoms with Crippen LogP contribution in [0.4, 0.5) is 13.2 Å². The summed E-state index contributed by atoms with van der Waals surface area (Å²) in [5.41, 5.74) is -2.22. The first-order valence-electron chi connectivity index (χ1n) is 4.28. The maximum atomic E-state index is 12.3. The summed E-state index contributed by atoms with van der Waals surface area (Å²) >= 11 is 0. The van der Waals surface area contributed by atoms with Crippen molar-refractivity contribution in [2.45, 2.75) is 12.6 Å². The molecule has 84 valence electrons. The molecule has 3 nitrogen and oxygen atoms in total. The van der Waals surface area contributed by atoms with Crippen molar-refractivity contribution in [3.63, 3.8) is 0 Å². The van der Waals surface area contributed by atoms with Crippen LogP contribution < -0.4 is 5.56 Å². The molecule has 0 fully saturated rings. The SMILES string of the molecule is N#CCC=Cc1c[nH]c(=O)c(C(F)(F)F)c1. The van der Waals surface area contributed by atoms with Crippen LogP contribution >= 0.6 is 0 Å². The van der Waals surface area contributed by atoms with E-state index in [1.54, 1.807) is 0 Å². The summed E-state index contributed by atoms with van der Waals surface area (Å²) in [4.78, 5) is 12.9. The van der Waals surface area contributed by atoms with Gasteiger partial charge in [-0.15, -0.1) is 0 Å². The number of nitrogens with one attached hydrogen (secondary N) is 1. The Morgan fingerprint density at radius 3 is 2.75 bits per heavy atom. The maximum absolute atomic E-state index is 12.3. The van der Waals surface area contributed by atoms with E-state index in [-0.39, 0.29) is 12.0 Å². The molecular weight excluding hydrogens is 221 g/mol. The molecule has 0 aromatic carbocycles. The molecule has 0 spiro atoms. The molecular formula is C10H7F3N2O. The number of pyridine rings is 1. The third kappa shape index (κ3) is 2.98. The minimum absolute atomic E-state index is 0.0977. The van der Waals surface area contributed by atoms with Crippen molar-refractivity contribution in [3.8, 4) is 6.07 Å². The van der Waals surface area contributed by atoms with E-state index in [2.05, 4.69) is 0 Å². The average molecular weight is 228 g/mol. The first-order valence-corrected chi connectivity index (χ1v) is 4.28. The van der Waals surface area contributed by atoms with E-state index in [1.807, 2.05) is 11.1 Å². The van der Waals surface area contributed by atoms with Crippen LogP contribution in [-0.4, -0.2) is 4.98 Å². The van der Waals surface area contributed by atoms with Crippen LogP contribution in [0.1, 0.15) is 17.5 Å². The molecule has 0 radical (unpaired) electrons. The Morgan fingerprint density at radius 2 is 2.19 bits per heavy atom. The lowest BCUT2D eigenvalue weighted by Gasteiger charge is -2.05. The molecule has 1 aromatic rings. The van der Waals surface area contributed by atoms with Crippen LogP contribution in [0.2, 0.25) is 0 Å². The molecule has 1 N–H and O–H groups in total. The standard InChI is InChI=1S/C10H7F3N2O/c11-10(12,13)8-5-7(3-1-2-4-14)6-15-9(8)16/h1,3,5-6H,2H2,(H,15,16). The molecule has 0 atom stereocenters. The average Bonchev–Trinajstić information content (AvgIpc) is 2.19. The second kappa shape index (κ2) is 4.66. The zero-order valence-electron chi connectivity index (χ0n) is 8.01. The molecule has 0 aliphatic heterocycles. The predicted molar refractivity (Wildman–Crippen MR) is 51.3 cm³/mol. The van der Waals surface area contributed by atoms with E-state index in [9.17, 15) is 18.0 Å². The highest BCUT2D eigenvalue weighted by Crippen LogP contribution is 2.26. The fourth-order valence-corrected chi connectivity index (χ4v) is 1.06. The molecule has 0 saturated heterocycles. The number of nitriles is 1. The van der Waals surface area contributed by atoms with Gasteiger partial charge in [0.05, 0.1) is 12.5 Å². The van der Waals surface area contributed by atoms with E-state index < -0.39 is 17.3 Å². The van der Waals surface area contributed by atoms with Gasteiger partial charge in [-0.2, -0.15) is 18.4 Å². The van der Waals surface area contributed by atoms with Gasteiger partial charge in [-0.1, -0.05) is 12.2 Å². The first kappa shape index (κ1) is 12.0. The summed E-state index contributed by atoms with van der Waals surface area (Å²) in [7, 11) is 0. The van der Waals surface area contributed by atoms with E-state index in [0.717, 1.165) is 12.3 Å². The number of aromatic amines is 1. The number of rotatable bonds is 2. The van der Waals surface area contributed by atoms with E-state index in [0.29, 0.717) is 0 Å². The molecule has 1 aromatic heterocycles. The second-order valence-electron chi connectivity index (χ2n) is 2.94. The van der Waals surface area contributed by atoms with Crippen molar-refractivity contribution in [2.24, 2.45) is 0 Å². The maximum Gasteiger partial charge on any atom is 0.421 e. The van der Waals surface area contributed by atoms with Gasteiger partial charge in [0.15, 0.2) is 0 Å². The number of aromatic nitrogens is 1. The molecule has 0 aliphatic rings. The first-order chi connectivity index (χ1) is 7.45. The molecule has 1 heterocycles. The second-order valence-corrected chi connectivity index (χ2v) is 2.94. The fourth-order valence-electron chi connectivity index (χ4n) is 1.06. The smallest absolute Gasteiger partial charge is 0.328 e. The monoisotopic (exact) mass is 228 g/mol. The minimum Gasteiger partial charge on any atom is -0.328 e. The highest BCUT2D eigenvalue weighted by molar-refractivity contribution is 5.49. The molecule has 16 heavy (non-hydrogen) atoms. The Balaban J connectivity index is 3.10. The number of hydrogen-bond donors (Lipinski definition) is 1. The van der Waals surface area contributed by atoms with E-state index >= 15 is 0 Å². The molecule has 0 saturated carbocycles. The van der Waals surface area contributed by atoms with Crippen LogP contribution in [0.25, 0.3) is 6.08 Å². The van der Waals surface area contributed by atoms with Gasteiger partial charge in [-0.3, -0.25) is 4.79 Å². The lowest BCUT2D eigenvalue weighted by molar-refractivity contribution is -0.138. The summed E-state index contributed by atoms with van der Waals surface area (Å²) in [5.74, 6) is 0. The predicted octanol–water partition coefficient (Wildman–Crippen LogP) is 2.32. The highest BCUT2D eigenvalue weighted by Gasteiger charge is 2.33. The topological polar surface area (TPSA) is 56.6 Å². The Hall–Kier alpha value is -2.03. The van der Waals surface area contributed by atoms with Gasteiger partial charge in [-0.25, -0.2) is 0 Å². The number of nitrogens with zero attached hydrogens (tertiary/aromatic N) is 1. The number of alkyl halides is 3. The Bertz CT molecular complexity index is 494. The van der Waals surface area contributed by atoms with Gasteiger partial charge in [0, 0.05) is 6.20 Å². The van der Waals surface area contributed by atoms with Gasteiger partial charge < -0.3 is 4.98 Å². The Morgan fingerprint density at radius 1 is 1.50 bits per heavy atom. The van der Waals surface area contributed by atoms with Crippen molar-refractivity contribution in [3.05, 3.63) is 39.8 Å². The largest absolute Gasteiger partial charge is 0.421 e. The summed E-state index contributed by atoms with van der Waals surface area (Å²) < 4.78 is 37.0. The highest BCUT2D eigenvalue weighted by atomic mass is 19.4. The summed E-state index contributed by atoms with van der Waals surface area (Å²) in [5, 5.41) is 8.23. The van der Waals surface area contributed by atoms with Gasteiger partial charge in [0.1, 0.15) is 5.56 Å². The summed E-state index contributed by atoms with van der Waals surface area (Å²) in [6.07, 6.45) is -0.666. The third-order valence-electron chi connectivity index (χ3n) is 1.75. The van der Waals surface area contributed by atoms with E-state index in [1.165, 1.54) is 12.2 Å². The quantitative estimate of drug-likeness (QED) is 0.844. The summed E-state index contributed by atoms with van der Waals surface area (Å²) in [6, 6.07) is 2.56. The van der Waals surface area contributed by atoms with Crippen molar-refractivity contribution >= 4 is 6.08 Å². The van der Waals surface area contributed by atoms with Crippen LogP contribution in [0.15, 0.2) is 23.1 Å². The lowest BCUT2D eigenvalue weighted by atomic mass is 10.2. The van der Waals surface area contributed by atoms with Gasteiger partial charge in [0.2, 0.25) is 0 Å². The molecule has 6 heteroatoms. The van der Waals surface area contributed by atoms with Gasteiger partial charge in [-0.05, 0) is 11.6 Å². The number of hydrogen-bond acceptors (Lipinski definition) is 2. The zero-order chi connectivity index (χ0) is 12.2. The molecule has 0 amide bonds. The van der Waals surface area contributed by atoms with Crippen LogP contribution in [-0.2, 0) is 6.18 Å². The van der Waals surface area contributed by atoms with Crippen molar-refractivity contribution in [2.75, 3.05) is 0 Å². The molecule has 0 bridgehead atoms. The normalized spacial score (nSPS) is 11.6. The van der Waals surface area contributed by atoms with Crippen molar-refractivity contribution in [1.29, 1.82) is 5.26 Å². The summed E-state index contributed by atoms with van der Waals surface area (Å²) in [6.45, 7) is 0. The third-order valence-corrected chi connectivity index (χ3v) is 1.75. The lowest BCUT2D eigenvalue weighted by Crippen LogP contribution is -2.21. The zero-order valence-corrected chi connectivity index (χ0v) is 8.01. The van der Waals surface area contributed by atoms with Gasteiger partial charge >= 0.3 is 6.18 Å². The molecule has 0 unspecified atom stereocenters. The number of H-pyrrole nitrogens is 1. The number of allylic oxidation sites excluding steroid dienone is 1. The van der Waals surface area contributed by atoms with Gasteiger partial charge in [0.25, 0.3) is 5.56 Å². The Labute approximate surface area is 88.8 Å². The molecule has 0 aliphatic carbocycles. The van der Waals surface area contributed by atoms with Crippen LogP contribution in [0, 0.1) is 11.3 Å². The number of halogens is 3. The van der Waals surface area contributed by atoms with Crippen molar-refractivity contribution < 1.29 is 13.2 Å². The Kier molecular flexibility index (Phi) is 3.51. The fraction of sp³-hybridized carbons (Fsp3) is 0.200. The minimum atomic E-state index is -4.67. The molecule has 1 rings (SSSR count). The van der Waals surface area contributed by atoms with E-state index in [4.69, 9.17) is 5.26 Å². The van der Waals surface area contributed by atoms with Crippen molar-refractivity contribution in [1.82, 2.24) is 4.98 Å².